The van der Waals surface area contributed by atoms with Crippen molar-refractivity contribution in [3.8, 4) is 0 Å². The van der Waals surface area contributed by atoms with Crippen LogP contribution in [0.25, 0.3) is 5.57 Å². The first kappa shape index (κ1) is 14.6. The Bertz CT molecular complexity index is 723. The van der Waals surface area contributed by atoms with E-state index in [1.165, 1.54) is 0 Å². The van der Waals surface area contributed by atoms with Crippen LogP contribution in [0.1, 0.15) is 16.4 Å². The van der Waals surface area contributed by atoms with E-state index in [-0.39, 0.29) is 11.0 Å². The number of hydrogen-bond acceptors (Lipinski definition) is 2. The van der Waals surface area contributed by atoms with Gasteiger partial charge in [0.1, 0.15) is 5.76 Å². The molecule has 0 fully saturated rings. The average Bonchev–Trinajstić information content (AvgIpc) is 2.49. The monoisotopic (exact) mass is 334 g/mol. The summed E-state index contributed by atoms with van der Waals surface area (Å²) in [6, 6.07) is 15.3. The van der Waals surface area contributed by atoms with Gasteiger partial charge in [0.05, 0.1) is 10.3 Å². The first-order valence-electron chi connectivity index (χ1n) is 6.42. The summed E-state index contributed by atoms with van der Waals surface area (Å²) in [5.41, 5.74) is 2.68. The minimum atomic E-state index is 0.112. The first-order valence-corrected chi connectivity index (χ1v) is 8.12. The van der Waals surface area contributed by atoms with E-state index in [0.717, 1.165) is 16.7 Å². The zero-order valence-electron chi connectivity index (χ0n) is 11.0. The zero-order chi connectivity index (χ0) is 14.8. The van der Waals surface area contributed by atoms with Crippen LogP contribution >= 0.6 is 35.0 Å². The van der Waals surface area contributed by atoms with E-state index in [1.807, 2.05) is 35.7 Å². The maximum absolute atomic E-state index is 10.3. The Kier molecular flexibility index (Phi) is 4.29. The van der Waals surface area contributed by atoms with Crippen molar-refractivity contribution < 1.29 is 5.11 Å². The van der Waals surface area contributed by atoms with Gasteiger partial charge in [-0.3, -0.25) is 0 Å². The fourth-order valence-electron chi connectivity index (χ4n) is 2.20. The minimum absolute atomic E-state index is 0.112. The molecule has 0 radical (unpaired) electrons. The molecule has 2 aromatic rings. The normalized spacial score (nSPS) is 18.1. The standard InChI is InChI=1S/C17H12Cl2OS/c18-12-6-7-13(15(19)8-12)14-10-21-17(9-16(14)20)11-4-2-1-3-5-11/h1-10,17,20H. The van der Waals surface area contributed by atoms with Gasteiger partial charge in [0.15, 0.2) is 0 Å². The summed E-state index contributed by atoms with van der Waals surface area (Å²) in [7, 11) is 0. The molecule has 2 aromatic carbocycles. The number of benzene rings is 2. The molecule has 0 aliphatic carbocycles. The molecule has 3 rings (SSSR count). The summed E-state index contributed by atoms with van der Waals surface area (Å²) < 4.78 is 0. The molecule has 1 nitrogen and oxygen atoms in total. The molecule has 0 saturated heterocycles. The van der Waals surface area contributed by atoms with Gasteiger partial charge in [-0.25, -0.2) is 0 Å². The summed E-state index contributed by atoms with van der Waals surface area (Å²) in [4.78, 5) is 0. The molecule has 0 aromatic heterocycles. The van der Waals surface area contributed by atoms with Gasteiger partial charge in [0, 0.05) is 16.2 Å². The highest BCUT2D eigenvalue weighted by atomic mass is 35.5. The van der Waals surface area contributed by atoms with Gasteiger partial charge in [0.25, 0.3) is 0 Å². The van der Waals surface area contributed by atoms with Gasteiger partial charge in [-0.2, -0.15) is 0 Å². The van der Waals surface area contributed by atoms with Crippen molar-refractivity contribution in [2.45, 2.75) is 5.25 Å². The number of allylic oxidation sites excluding steroid dienone is 1. The van der Waals surface area contributed by atoms with Gasteiger partial charge in [-0.1, -0.05) is 59.6 Å². The van der Waals surface area contributed by atoms with Crippen molar-refractivity contribution in [1.29, 1.82) is 0 Å². The van der Waals surface area contributed by atoms with E-state index in [1.54, 1.807) is 23.9 Å². The number of thioether (sulfide) groups is 1. The van der Waals surface area contributed by atoms with E-state index < -0.39 is 0 Å². The number of hydrogen-bond donors (Lipinski definition) is 1. The lowest BCUT2D eigenvalue weighted by molar-refractivity contribution is 0.435. The Morgan fingerprint density at radius 1 is 1.00 bits per heavy atom. The smallest absolute Gasteiger partial charge is 0.121 e. The number of aliphatic hydroxyl groups is 1. The second kappa shape index (κ2) is 6.18. The predicted molar refractivity (Wildman–Crippen MR) is 91.9 cm³/mol. The highest BCUT2D eigenvalue weighted by Gasteiger charge is 2.20. The SMILES string of the molecule is OC1=CC(c2ccccc2)SC=C1c1ccc(Cl)cc1Cl. The van der Waals surface area contributed by atoms with E-state index in [9.17, 15) is 5.11 Å². The predicted octanol–water partition coefficient (Wildman–Crippen LogP) is 6.26. The number of halogens is 2. The second-order valence-corrected chi connectivity index (χ2v) is 6.53. The highest BCUT2D eigenvalue weighted by Crippen LogP contribution is 2.42. The fourth-order valence-corrected chi connectivity index (χ4v) is 3.76. The third kappa shape index (κ3) is 3.13. The van der Waals surface area contributed by atoms with E-state index >= 15 is 0 Å². The van der Waals surface area contributed by atoms with E-state index in [4.69, 9.17) is 23.2 Å². The Labute approximate surface area is 137 Å². The fraction of sp³-hybridized carbons (Fsp3) is 0.0588. The molecule has 1 aliphatic rings. The maximum atomic E-state index is 10.3. The molecule has 0 amide bonds. The molecule has 106 valence electrons. The molecule has 0 saturated carbocycles. The van der Waals surface area contributed by atoms with Gasteiger partial charge in [0.2, 0.25) is 0 Å². The lowest BCUT2D eigenvalue weighted by atomic mass is 10.0. The molecule has 1 N–H and O–H groups in total. The molecule has 1 unspecified atom stereocenters. The molecule has 1 heterocycles. The number of aliphatic hydroxyl groups excluding tert-OH is 1. The molecule has 1 atom stereocenters. The van der Waals surface area contributed by atoms with Crippen LogP contribution in [0.3, 0.4) is 0 Å². The van der Waals surface area contributed by atoms with E-state index in [2.05, 4.69) is 12.1 Å². The summed E-state index contributed by atoms with van der Waals surface area (Å²) >= 11 is 13.8. The van der Waals surface area contributed by atoms with Crippen molar-refractivity contribution in [2.24, 2.45) is 0 Å². The first-order chi connectivity index (χ1) is 10.1. The Morgan fingerprint density at radius 2 is 1.76 bits per heavy atom. The lowest BCUT2D eigenvalue weighted by Gasteiger charge is -2.19. The van der Waals surface area contributed by atoms with Crippen LogP contribution in [-0.2, 0) is 0 Å². The molecule has 1 aliphatic heterocycles. The largest absolute Gasteiger partial charge is 0.508 e. The summed E-state index contributed by atoms with van der Waals surface area (Å²) in [5, 5.41) is 13.5. The maximum Gasteiger partial charge on any atom is 0.121 e. The summed E-state index contributed by atoms with van der Waals surface area (Å²) in [5.74, 6) is 0.242. The average molecular weight is 335 g/mol. The Hall–Kier alpha value is -1.35. The molecular weight excluding hydrogens is 323 g/mol. The highest BCUT2D eigenvalue weighted by molar-refractivity contribution is 8.02. The summed E-state index contributed by atoms with van der Waals surface area (Å²) in [6.45, 7) is 0. The lowest BCUT2D eigenvalue weighted by Crippen LogP contribution is -1.99. The van der Waals surface area contributed by atoms with Gasteiger partial charge < -0.3 is 5.11 Å². The van der Waals surface area contributed by atoms with E-state index in [0.29, 0.717) is 10.0 Å². The third-order valence-electron chi connectivity index (χ3n) is 3.27. The minimum Gasteiger partial charge on any atom is -0.508 e. The van der Waals surface area contributed by atoms with Crippen LogP contribution in [-0.4, -0.2) is 5.11 Å². The van der Waals surface area contributed by atoms with Crippen LogP contribution in [0, 0.1) is 0 Å². The van der Waals surface area contributed by atoms with Crippen molar-refractivity contribution in [3.63, 3.8) is 0 Å². The van der Waals surface area contributed by atoms with Crippen molar-refractivity contribution in [3.05, 3.63) is 86.9 Å². The molecule has 0 bridgehead atoms. The Balaban J connectivity index is 1.91. The van der Waals surface area contributed by atoms with Crippen molar-refractivity contribution >= 4 is 40.5 Å². The van der Waals surface area contributed by atoms with Gasteiger partial charge in [-0.05, 0) is 29.2 Å². The quantitative estimate of drug-likeness (QED) is 0.698. The molecule has 0 spiro atoms. The second-order valence-electron chi connectivity index (χ2n) is 4.67. The van der Waals surface area contributed by atoms with Crippen LogP contribution in [0.2, 0.25) is 10.0 Å². The van der Waals surface area contributed by atoms with Crippen LogP contribution < -0.4 is 0 Å². The molecule has 21 heavy (non-hydrogen) atoms. The van der Waals surface area contributed by atoms with Crippen LogP contribution in [0.4, 0.5) is 0 Å². The molecule has 4 heteroatoms. The zero-order valence-corrected chi connectivity index (χ0v) is 13.3. The molecular formula is C17H12Cl2OS. The van der Waals surface area contributed by atoms with Gasteiger partial charge >= 0.3 is 0 Å². The topological polar surface area (TPSA) is 20.2 Å². The third-order valence-corrected chi connectivity index (χ3v) is 4.89. The number of rotatable bonds is 2. The van der Waals surface area contributed by atoms with Crippen molar-refractivity contribution in [1.82, 2.24) is 0 Å². The van der Waals surface area contributed by atoms with Gasteiger partial charge in [-0.15, -0.1) is 11.8 Å². The summed E-state index contributed by atoms with van der Waals surface area (Å²) in [6.07, 6.45) is 1.85. The Morgan fingerprint density at radius 3 is 2.43 bits per heavy atom. The van der Waals surface area contributed by atoms with Crippen molar-refractivity contribution in [2.75, 3.05) is 0 Å². The van der Waals surface area contributed by atoms with Crippen LogP contribution in [0.5, 0.6) is 0 Å². The van der Waals surface area contributed by atoms with Crippen LogP contribution in [0.15, 0.2) is 65.8 Å².